The van der Waals surface area contributed by atoms with Crippen LogP contribution in [0.15, 0.2) is 41.6 Å². The van der Waals surface area contributed by atoms with Gasteiger partial charge in [-0.15, -0.1) is 10.2 Å². The Balaban J connectivity index is 1.61. The molecule has 0 atom stereocenters. The summed E-state index contributed by atoms with van der Waals surface area (Å²) < 4.78 is 7.89. The topological polar surface area (TPSA) is 69.0 Å². The van der Waals surface area contributed by atoms with Crippen LogP contribution in [0.5, 0.6) is 5.75 Å². The summed E-state index contributed by atoms with van der Waals surface area (Å²) in [7, 11) is 0. The Hall–Kier alpha value is -2.22. The van der Waals surface area contributed by atoms with Gasteiger partial charge in [0, 0.05) is 11.6 Å². The van der Waals surface area contributed by atoms with Crippen molar-refractivity contribution >= 4 is 46.6 Å². The van der Waals surface area contributed by atoms with Gasteiger partial charge in [0.2, 0.25) is 5.91 Å². The van der Waals surface area contributed by atoms with Crippen molar-refractivity contribution in [3.63, 3.8) is 0 Å². The molecule has 6 nitrogen and oxygen atoms in total. The number of benzene rings is 2. The molecule has 0 unspecified atom stereocenters. The Morgan fingerprint density at radius 2 is 2.00 bits per heavy atom. The summed E-state index contributed by atoms with van der Waals surface area (Å²) in [6.07, 6.45) is 0. The molecule has 0 radical (unpaired) electrons. The van der Waals surface area contributed by atoms with Gasteiger partial charge in [-0.1, -0.05) is 47.1 Å². The average molecular weight is 465 g/mol. The molecular formula is C21H22Cl2N4O2S. The van der Waals surface area contributed by atoms with Gasteiger partial charge in [-0.3, -0.25) is 4.79 Å². The van der Waals surface area contributed by atoms with E-state index in [0.29, 0.717) is 39.9 Å². The molecule has 0 aliphatic carbocycles. The van der Waals surface area contributed by atoms with Gasteiger partial charge < -0.3 is 14.6 Å². The minimum atomic E-state index is -0.192. The molecule has 0 bridgehead atoms. The molecule has 1 aromatic heterocycles. The van der Waals surface area contributed by atoms with E-state index < -0.39 is 0 Å². The van der Waals surface area contributed by atoms with Crippen molar-refractivity contribution in [2.75, 3.05) is 11.1 Å². The van der Waals surface area contributed by atoms with Gasteiger partial charge in [0.05, 0.1) is 16.5 Å². The summed E-state index contributed by atoms with van der Waals surface area (Å²) in [4.78, 5) is 12.3. The van der Waals surface area contributed by atoms with Gasteiger partial charge in [0.25, 0.3) is 0 Å². The molecule has 0 fully saturated rings. The summed E-state index contributed by atoms with van der Waals surface area (Å²) >= 11 is 13.3. The number of thioether (sulfide) groups is 1. The smallest absolute Gasteiger partial charge is 0.234 e. The van der Waals surface area contributed by atoms with Crippen LogP contribution in [-0.4, -0.2) is 26.4 Å². The molecule has 0 saturated heterocycles. The van der Waals surface area contributed by atoms with E-state index in [1.54, 1.807) is 18.2 Å². The quantitative estimate of drug-likeness (QED) is 0.443. The number of hydrogen-bond acceptors (Lipinski definition) is 5. The van der Waals surface area contributed by atoms with Gasteiger partial charge in [0.15, 0.2) is 11.0 Å². The second-order valence-electron chi connectivity index (χ2n) is 6.59. The highest BCUT2D eigenvalue weighted by atomic mass is 35.5. The largest absolute Gasteiger partial charge is 0.485 e. The third-order valence-corrected chi connectivity index (χ3v) is 6.07. The van der Waals surface area contributed by atoms with E-state index in [0.717, 1.165) is 11.3 Å². The fraction of sp³-hybridized carbons (Fsp3) is 0.286. The first-order valence-corrected chi connectivity index (χ1v) is 11.1. The van der Waals surface area contributed by atoms with Crippen LogP contribution in [-0.2, 0) is 17.9 Å². The van der Waals surface area contributed by atoms with Crippen molar-refractivity contribution < 1.29 is 9.53 Å². The van der Waals surface area contributed by atoms with Gasteiger partial charge in [-0.05, 0) is 56.2 Å². The van der Waals surface area contributed by atoms with E-state index in [2.05, 4.69) is 15.5 Å². The zero-order valence-corrected chi connectivity index (χ0v) is 19.2. The van der Waals surface area contributed by atoms with Crippen LogP contribution in [0.1, 0.15) is 23.9 Å². The van der Waals surface area contributed by atoms with E-state index >= 15 is 0 Å². The maximum Gasteiger partial charge on any atom is 0.234 e. The lowest BCUT2D eigenvalue weighted by Crippen LogP contribution is -2.15. The Labute approximate surface area is 189 Å². The number of anilines is 1. The molecule has 1 N–H and O–H groups in total. The number of rotatable bonds is 8. The number of halogens is 2. The maximum atomic E-state index is 12.3. The van der Waals surface area contributed by atoms with Crippen molar-refractivity contribution in [2.45, 2.75) is 39.1 Å². The number of nitrogens with one attached hydrogen (secondary N) is 1. The SMILES string of the molecule is CCn1c(COc2cccc(C)c2C)nnc1SCC(=O)Nc1ccc(Cl)cc1Cl. The van der Waals surface area contributed by atoms with Crippen LogP contribution < -0.4 is 10.1 Å². The molecule has 2 aromatic carbocycles. The fourth-order valence-corrected chi connectivity index (χ4v) is 4.06. The Kier molecular flexibility index (Phi) is 7.64. The van der Waals surface area contributed by atoms with E-state index in [4.69, 9.17) is 27.9 Å². The van der Waals surface area contributed by atoms with Crippen LogP contribution >= 0.6 is 35.0 Å². The van der Waals surface area contributed by atoms with Crippen LogP contribution in [0.3, 0.4) is 0 Å². The summed E-state index contributed by atoms with van der Waals surface area (Å²) in [6, 6.07) is 10.9. The van der Waals surface area contributed by atoms with E-state index in [1.807, 2.05) is 43.5 Å². The normalized spacial score (nSPS) is 10.8. The highest BCUT2D eigenvalue weighted by molar-refractivity contribution is 7.99. The Morgan fingerprint density at radius 3 is 2.73 bits per heavy atom. The average Bonchev–Trinajstić information content (AvgIpc) is 3.11. The number of aromatic nitrogens is 3. The first-order valence-electron chi connectivity index (χ1n) is 9.37. The summed E-state index contributed by atoms with van der Waals surface area (Å²) in [5.74, 6) is 1.52. The molecule has 0 spiro atoms. The lowest BCUT2D eigenvalue weighted by atomic mass is 10.1. The molecule has 1 heterocycles. The van der Waals surface area contributed by atoms with E-state index in [1.165, 1.54) is 17.3 Å². The Bertz CT molecular complexity index is 1060. The highest BCUT2D eigenvalue weighted by Gasteiger charge is 2.15. The molecular weight excluding hydrogens is 443 g/mol. The molecule has 0 aliphatic rings. The first-order chi connectivity index (χ1) is 14.4. The third kappa shape index (κ3) is 5.47. The van der Waals surface area contributed by atoms with Gasteiger partial charge in [0.1, 0.15) is 12.4 Å². The van der Waals surface area contributed by atoms with Crippen LogP contribution in [0.25, 0.3) is 0 Å². The molecule has 158 valence electrons. The monoisotopic (exact) mass is 464 g/mol. The standard InChI is InChI=1S/C21H22Cl2N4O2S/c1-4-27-19(11-29-18-7-5-6-13(2)14(18)3)25-26-21(27)30-12-20(28)24-17-9-8-15(22)10-16(17)23/h5-10H,4,11-12H2,1-3H3,(H,24,28). The van der Waals surface area contributed by atoms with Crippen LogP contribution in [0, 0.1) is 13.8 Å². The third-order valence-electron chi connectivity index (χ3n) is 4.56. The number of ether oxygens (including phenoxy) is 1. The molecule has 3 rings (SSSR count). The Morgan fingerprint density at radius 1 is 1.20 bits per heavy atom. The number of carbonyl (C=O) groups excluding carboxylic acids is 1. The van der Waals surface area contributed by atoms with Gasteiger partial charge in [-0.2, -0.15) is 0 Å². The minimum absolute atomic E-state index is 0.176. The van der Waals surface area contributed by atoms with E-state index in [-0.39, 0.29) is 11.7 Å². The molecule has 1 amide bonds. The predicted octanol–water partition coefficient (Wildman–Crippen LogP) is 5.53. The van der Waals surface area contributed by atoms with Crippen molar-refractivity contribution in [2.24, 2.45) is 0 Å². The fourth-order valence-electron chi connectivity index (χ4n) is 2.78. The van der Waals surface area contributed by atoms with Gasteiger partial charge in [-0.25, -0.2) is 0 Å². The first kappa shape index (κ1) is 22.5. The lowest BCUT2D eigenvalue weighted by Gasteiger charge is -2.12. The minimum Gasteiger partial charge on any atom is -0.485 e. The maximum absolute atomic E-state index is 12.3. The zero-order chi connectivity index (χ0) is 21.7. The summed E-state index contributed by atoms with van der Waals surface area (Å²) in [5.41, 5.74) is 2.80. The van der Waals surface area contributed by atoms with Gasteiger partial charge >= 0.3 is 0 Å². The number of aryl methyl sites for hydroxylation is 1. The second-order valence-corrected chi connectivity index (χ2v) is 8.38. The van der Waals surface area contributed by atoms with Crippen molar-refractivity contribution in [1.82, 2.24) is 14.8 Å². The molecule has 30 heavy (non-hydrogen) atoms. The number of nitrogens with zero attached hydrogens (tertiary/aromatic N) is 3. The van der Waals surface area contributed by atoms with E-state index in [9.17, 15) is 4.79 Å². The van der Waals surface area contributed by atoms with Crippen LogP contribution in [0.2, 0.25) is 10.0 Å². The van der Waals surface area contributed by atoms with Crippen molar-refractivity contribution in [1.29, 1.82) is 0 Å². The molecule has 9 heteroatoms. The summed E-state index contributed by atoms with van der Waals surface area (Å²) in [6.45, 7) is 7.06. The van der Waals surface area contributed by atoms with Crippen molar-refractivity contribution in [3.05, 3.63) is 63.4 Å². The highest BCUT2D eigenvalue weighted by Crippen LogP contribution is 2.26. The molecule has 0 aliphatic heterocycles. The lowest BCUT2D eigenvalue weighted by molar-refractivity contribution is -0.113. The number of hydrogen-bond donors (Lipinski definition) is 1. The number of amides is 1. The van der Waals surface area contributed by atoms with Crippen molar-refractivity contribution in [3.8, 4) is 5.75 Å². The molecule has 0 saturated carbocycles. The molecule has 3 aromatic rings. The van der Waals surface area contributed by atoms with Crippen LogP contribution in [0.4, 0.5) is 5.69 Å². The number of carbonyl (C=O) groups is 1. The zero-order valence-electron chi connectivity index (χ0n) is 16.9. The second kappa shape index (κ2) is 10.2. The summed E-state index contributed by atoms with van der Waals surface area (Å²) in [5, 5.41) is 12.8. The predicted molar refractivity (Wildman–Crippen MR) is 122 cm³/mol.